The molecular formula is C35H33FN4O6. The molecule has 0 aromatic heterocycles. The van der Waals surface area contributed by atoms with Gasteiger partial charge in [0.05, 0.1) is 7.11 Å². The Kier molecular flexibility index (Phi) is 9.00. The van der Waals surface area contributed by atoms with Gasteiger partial charge in [0.15, 0.2) is 11.5 Å². The minimum absolute atomic E-state index is 0.00848. The molecule has 4 aromatic carbocycles. The third-order valence-electron chi connectivity index (χ3n) is 7.95. The largest absolute Gasteiger partial charge is 0.497 e. The number of amides is 3. The normalized spacial score (nSPS) is 13.7. The number of benzene rings is 4. The van der Waals surface area contributed by atoms with E-state index >= 15 is 0 Å². The first kappa shape index (κ1) is 30.4. The quantitative estimate of drug-likeness (QED) is 0.286. The lowest BCUT2D eigenvalue weighted by Crippen LogP contribution is -2.48. The van der Waals surface area contributed by atoms with Crippen molar-refractivity contribution in [3.63, 3.8) is 0 Å². The molecule has 0 unspecified atom stereocenters. The zero-order chi connectivity index (χ0) is 32.0. The van der Waals surface area contributed by atoms with Gasteiger partial charge in [0.1, 0.15) is 18.1 Å². The number of rotatable bonds is 9. The lowest BCUT2D eigenvalue weighted by molar-refractivity contribution is -0.117. The summed E-state index contributed by atoms with van der Waals surface area (Å²) in [7, 11) is 1.59. The number of carbonyl (C=O) groups is 3. The van der Waals surface area contributed by atoms with E-state index in [1.807, 2.05) is 29.2 Å². The number of nitrogens with one attached hydrogen (secondary N) is 1. The minimum Gasteiger partial charge on any atom is -0.497 e. The number of methoxy groups -OCH3 is 1. The summed E-state index contributed by atoms with van der Waals surface area (Å²) in [5.74, 6) is 0.563. The molecule has 46 heavy (non-hydrogen) atoms. The Hall–Kier alpha value is -5.58. The minimum atomic E-state index is -0.387. The monoisotopic (exact) mass is 624 g/mol. The molecule has 0 aliphatic carbocycles. The molecule has 2 aliphatic rings. The van der Waals surface area contributed by atoms with Gasteiger partial charge in [0.25, 0.3) is 11.8 Å². The first-order valence-electron chi connectivity index (χ1n) is 14.9. The van der Waals surface area contributed by atoms with E-state index in [4.69, 9.17) is 14.2 Å². The molecule has 0 saturated carbocycles. The molecule has 0 radical (unpaired) electrons. The van der Waals surface area contributed by atoms with Crippen molar-refractivity contribution >= 4 is 29.1 Å². The van der Waals surface area contributed by atoms with Crippen LogP contribution in [0.1, 0.15) is 26.3 Å². The maximum absolute atomic E-state index is 13.5. The van der Waals surface area contributed by atoms with Crippen LogP contribution in [0.2, 0.25) is 0 Å². The molecule has 6 rings (SSSR count). The van der Waals surface area contributed by atoms with Crippen LogP contribution in [-0.2, 0) is 11.3 Å². The van der Waals surface area contributed by atoms with Crippen LogP contribution in [0.15, 0.2) is 91.0 Å². The number of hydrogen-bond donors (Lipinski definition) is 1. The molecule has 4 aromatic rings. The second kappa shape index (κ2) is 13.6. The van der Waals surface area contributed by atoms with E-state index in [9.17, 15) is 18.8 Å². The zero-order valence-corrected chi connectivity index (χ0v) is 25.3. The van der Waals surface area contributed by atoms with Crippen LogP contribution < -0.4 is 24.4 Å². The number of piperazine rings is 1. The molecule has 0 spiro atoms. The number of anilines is 2. The van der Waals surface area contributed by atoms with Gasteiger partial charge in [-0.2, -0.15) is 0 Å². The van der Waals surface area contributed by atoms with Crippen molar-refractivity contribution in [1.82, 2.24) is 9.80 Å². The zero-order valence-electron chi connectivity index (χ0n) is 25.3. The average molecular weight is 625 g/mol. The molecule has 1 fully saturated rings. The maximum atomic E-state index is 13.5. The second-order valence-corrected chi connectivity index (χ2v) is 11.0. The number of hydrogen-bond acceptors (Lipinski definition) is 7. The summed E-state index contributed by atoms with van der Waals surface area (Å²) in [6.45, 7) is 2.48. The van der Waals surface area contributed by atoms with Crippen LogP contribution in [-0.4, -0.2) is 74.1 Å². The van der Waals surface area contributed by atoms with E-state index in [1.54, 1.807) is 61.7 Å². The first-order valence-corrected chi connectivity index (χ1v) is 14.9. The summed E-state index contributed by atoms with van der Waals surface area (Å²) >= 11 is 0. The number of nitrogens with zero attached hydrogens (tertiary/aromatic N) is 3. The van der Waals surface area contributed by atoms with E-state index < -0.39 is 0 Å². The summed E-state index contributed by atoms with van der Waals surface area (Å²) in [6.07, 6.45) is 0. The number of halogens is 1. The van der Waals surface area contributed by atoms with Crippen LogP contribution >= 0.6 is 0 Å². The van der Waals surface area contributed by atoms with Gasteiger partial charge < -0.3 is 34.2 Å². The van der Waals surface area contributed by atoms with Crippen molar-refractivity contribution in [3.05, 3.63) is 114 Å². The summed E-state index contributed by atoms with van der Waals surface area (Å²) < 4.78 is 29.5. The Labute approximate surface area is 265 Å². The predicted molar refractivity (Wildman–Crippen MR) is 170 cm³/mol. The fourth-order valence-corrected chi connectivity index (χ4v) is 5.44. The highest BCUT2D eigenvalue weighted by molar-refractivity contribution is 6.00. The Morgan fingerprint density at radius 3 is 2.20 bits per heavy atom. The van der Waals surface area contributed by atoms with Crippen molar-refractivity contribution in [3.8, 4) is 17.2 Å². The summed E-state index contributed by atoms with van der Waals surface area (Å²) in [4.78, 5) is 45.1. The fourth-order valence-electron chi connectivity index (χ4n) is 5.44. The Morgan fingerprint density at radius 1 is 0.826 bits per heavy atom. The van der Waals surface area contributed by atoms with Crippen LogP contribution in [0.25, 0.3) is 0 Å². The van der Waals surface area contributed by atoms with Gasteiger partial charge in [-0.05, 0) is 84.4 Å². The molecule has 2 heterocycles. The first-order chi connectivity index (χ1) is 22.4. The molecule has 10 nitrogen and oxygen atoms in total. The lowest BCUT2D eigenvalue weighted by Gasteiger charge is -2.36. The van der Waals surface area contributed by atoms with Gasteiger partial charge in [-0.3, -0.25) is 14.4 Å². The lowest BCUT2D eigenvalue weighted by atomic mass is 10.1. The van der Waals surface area contributed by atoms with Crippen LogP contribution in [0.3, 0.4) is 0 Å². The second-order valence-electron chi connectivity index (χ2n) is 11.0. The maximum Gasteiger partial charge on any atom is 0.254 e. The highest BCUT2D eigenvalue weighted by Gasteiger charge is 2.24. The van der Waals surface area contributed by atoms with Crippen molar-refractivity contribution in [2.45, 2.75) is 6.54 Å². The predicted octanol–water partition coefficient (Wildman–Crippen LogP) is 4.81. The molecule has 0 atom stereocenters. The molecule has 1 N–H and O–H groups in total. The number of carbonyl (C=O) groups excluding carboxylic acids is 3. The van der Waals surface area contributed by atoms with Gasteiger partial charge in [-0.1, -0.05) is 12.1 Å². The molecule has 0 bridgehead atoms. The van der Waals surface area contributed by atoms with Crippen LogP contribution in [0.5, 0.6) is 17.2 Å². The van der Waals surface area contributed by atoms with Crippen molar-refractivity contribution in [2.24, 2.45) is 0 Å². The molecule has 1 saturated heterocycles. The van der Waals surface area contributed by atoms with E-state index in [0.717, 1.165) is 5.69 Å². The Morgan fingerprint density at radius 2 is 1.50 bits per heavy atom. The Balaban J connectivity index is 1.06. The number of ether oxygens (including phenoxy) is 3. The van der Waals surface area contributed by atoms with Crippen LogP contribution in [0, 0.1) is 5.82 Å². The standard InChI is InChI=1S/C35H33FN4O6/c1-44-30-13-4-25(5-14-30)34(42)39-18-16-38(17-19-39)29-11-9-28(10-12-29)37-33(41)22-40(21-24-2-7-27(36)8-3-24)35(43)26-6-15-31-32(20-26)46-23-45-31/h2-15,20H,16-19,21-23H2,1H3,(H,37,41). The van der Waals surface area contributed by atoms with Crippen molar-refractivity contribution in [1.29, 1.82) is 0 Å². The van der Waals surface area contributed by atoms with Gasteiger partial charge in [-0.15, -0.1) is 0 Å². The topological polar surface area (TPSA) is 101 Å². The molecule has 2 aliphatic heterocycles. The summed E-state index contributed by atoms with van der Waals surface area (Å²) in [5.41, 5.74) is 3.21. The fraction of sp³-hybridized carbons (Fsp3) is 0.229. The third-order valence-corrected chi connectivity index (χ3v) is 7.95. The summed E-state index contributed by atoms with van der Waals surface area (Å²) in [5, 5.41) is 2.88. The third kappa shape index (κ3) is 7.04. The Bertz CT molecular complexity index is 1710. The average Bonchev–Trinajstić information content (AvgIpc) is 3.57. The highest BCUT2D eigenvalue weighted by atomic mass is 19.1. The van der Waals surface area contributed by atoms with Gasteiger partial charge in [-0.25, -0.2) is 4.39 Å². The van der Waals surface area contributed by atoms with Gasteiger partial charge >= 0.3 is 0 Å². The van der Waals surface area contributed by atoms with Gasteiger partial charge in [0, 0.05) is 55.2 Å². The van der Waals surface area contributed by atoms with Crippen molar-refractivity contribution < 1.29 is 33.0 Å². The van der Waals surface area contributed by atoms with Gasteiger partial charge in [0.2, 0.25) is 12.7 Å². The molecular weight excluding hydrogens is 591 g/mol. The van der Waals surface area contributed by atoms with E-state index in [2.05, 4.69) is 10.2 Å². The van der Waals surface area contributed by atoms with Crippen LogP contribution in [0.4, 0.5) is 15.8 Å². The molecule has 3 amide bonds. The molecule has 236 valence electrons. The number of fused-ring (bicyclic) bond motifs is 1. The molecule has 11 heteroatoms. The van der Waals surface area contributed by atoms with E-state index in [0.29, 0.717) is 65.8 Å². The smallest absolute Gasteiger partial charge is 0.254 e. The van der Waals surface area contributed by atoms with E-state index in [-0.39, 0.29) is 43.4 Å². The van der Waals surface area contributed by atoms with E-state index in [1.165, 1.54) is 17.0 Å². The van der Waals surface area contributed by atoms with Crippen molar-refractivity contribution in [2.75, 3.05) is 56.8 Å². The summed E-state index contributed by atoms with van der Waals surface area (Å²) in [6, 6.07) is 25.3. The SMILES string of the molecule is COc1ccc(C(=O)N2CCN(c3ccc(NC(=O)CN(Cc4ccc(F)cc4)C(=O)c4ccc5c(c4)OCO5)cc3)CC2)cc1. The highest BCUT2D eigenvalue weighted by Crippen LogP contribution is 2.33.